The summed E-state index contributed by atoms with van der Waals surface area (Å²) >= 11 is 5.97. The quantitative estimate of drug-likeness (QED) is 0.900. The number of benzene rings is 2. The summed E-state index contributed by atoms with van der Waals surface area (Å²) in [4.78, 5) is 12.3. The molecule has 1 heterocycles. The van der Waals surface area contributed by atoms with Gasteiger partial charge in [0, 0.05) is 17.5 Å². The van der Waals surface area contributed by atoms with Crippen molar-refractivity contribution < 1.29 is 4.79 Å². The van der Waals surface area contributed by atoms with Crippen molar-refractivity contribution in [1.82, 2.24) is 10.6 Å². The highest BCUT2D eigenvalue weighted by Crippen LogP contribution is 2.25. The van der Waals surface area contributed by atoms with Crippen molar-refractivity contribution >= 4 is 17.5 Å². The molecule has 0 spiro atoms. The van der Waals surface area contributed by atoms with Crippen LogP contribution in [0, 0.1) is 5.92 Å². The van der Waals surface area contributed by atoms with E-state index in [1.54, 1.807) is 0 Å². The van der Waals surface area contributed by atoms with Gasteiger partial charge in [-0.25, -0.2) is 0 Å². The maximum atomic E-state index is 12.3. The van der Waals surface area contributed by atoms with E-state index in [1.807, 2.05) is 36.4 Å². The van der Waals surface area contributed by atoms with E-state index in [4.69, 9.17) is 11.6 Å². The molecule has 120 valence electrons. The predicted octanol–water partition coefficient (Wildman–Crippen LogP) is 3.62. The Morgan fingerprint density at radius 3 is 2.52 bits per heavy atom. The molecule has 4 heteroatoms. The molecular formula is C19H21ClN2O. The molecule has 1 aliphatic heterocycles. The van der Waals surface area contributed by atoms with Crippen LogP contribution in [0.5, 0.6) is 0 Å². The minimum atomic E-state index is 0.138. The van der Waals surface area contributed by atoms with E-state index in [1.165, 1.54) is 0 Å². The third-order valence-corrected chi connectivity index (χ3v) is 4.59. The second kappa shape index (κ2) is 7.62. The largest absolute Gasteiger partial charge is 0.352 e. The molecule has 23 heavy (non-hydrogen) atoms. The number of rotatable bonds is 4. The van der Waals surface area contributed by atoms with E-state index in [9.17, 15) is 4.79 Å². The smallest absolute Gasteiger partial charge is 0.223 e. The zero-order valence-electron chi connectivity index (χ0n) is 13.0. The summed E-state index contributed by atoms with van der Waals surface area (Å²) in [7, 11) is 0. The van der Waals surface area contributed by atoms with Crippen LogP contribution in [0.3, 0.4) is 0 Å². The molecule has 1 aliphatic rings. The zero-order valence-corrected chi connectivity index (χ0v) is 13.8. The van der Waals surface area contributed by atoms with Gasteiger partial charge in [0.2, 0.25) is 5.91 Å². The third kappa shape index (κ3) is 4.12. The van der Waals surface area contributed by atoms with Crippen LogP contribution in [0.15, 0.2) is 48.5 Å². The first-order valence-electron chi connectivity index (χ1n) is 8.06. The van der Waals surface area contributed by atoms with Crippen molar-refractivity contribution in [2.24, 2.45) is 5.92 Å². The van der Waals surface area contributed by atoms with Crippen molar-refractivity contribution in [1.29, 1.82) is 0 Å². The van der Waals surface area contributed by atoms with E-state index in [2.05, 4.69) is 22.8 Å². The molecule has 0 unspecified atom stereocenters. The first-order valence-corrected chi connectivity index (χ1v) is 8.44. The topological polar surface area (TPSA) is 41.1 Å². The summed E-state index contributed by atoms with van der Waals surface area (Å²) in [6.07, 6.45) is 1.84. The van der Waals surface area contributed by atoms with E-state index < -0.39 is 0 Å². The summed E-state index contributed by atoms with van der Waals surface area (Å²) in [5.41, 5.74) is 3.37. The fraction of sp³-hybridized carbons (Fsp3) is 0.316. The van der Waals surface area contributed by atoms with Crippen molar-refractivity contribution in [3.63, 3.8) is 0 Å². The van der Waals surface area contributed by atoms with Gasteiger partial charge in [0.05, 0.1) is 0 Å². The van der Waals surface area contributed by atoms with E-state index in [0.717, 1.165) is 47.6 Å². The summed E-state index contributed by atoms with van der Waals surface area (Å²) < 4.78 is 0. The number of halogens is 1. The number of carbonyl (C=O) groups excluding carboxylic acids is 1. The maximum Gasteiger partial charge on any atom is 0.223 e. The number of nitrogens with one attached hydrogen (secondary N) is 2. The van der Waals surface area contributed by atoms with Crippen LogP contribution < -0.4 is 10.6 Å². The normalized spacial score (nSPS) is 15.3. The molecule has 1 saturated heterocycles. The summed E-state index contributed by atoms with van der Waals surface area (Å²) in [6, 6.07) is 16.0. The zero-order chi connectivity index (χ0) is 16.1. The third-order valence-electron chi connectivity index (χ3n) is 4.34. The highest BCUT2D eigenvalue weighted by Gasteiger charge is 2.20. The maximum absolute atomic E-state index is 12.3. The van der Waals surface area contributed by atoms with Crippen molar-refractivity contribution in [2.75, 3.05) is 13.1 Å². The van der Waals surface area contributed by atoms with Crippen LogP contribution >= 0.6 is 11.6 Å². The molecule has 0 atom stereocenters. The Labute approximate surface area is 142 Å². The number of hydrogen-bond acceptors (Lipinski definition) is 2. The van der Waals surface area contributed by atoms with Crippen molar-refractivity contribution in [2.45, 2.75) is 19.4 Å². The van der Waals surface area contributed by atoms with Crippen LogP contribution in [0.2, 0.25) is 5.02 Å². The monoisotopic (exact) mass is 328 g/mol. The van der Waals surface area contributed by atoms with Crippen LogP contribution in [0.4, 0.5) is 0 Å². The molecule has 0 bridgehead atoms. The lowest BCUT2D eigenvalue weighted by Crippen LogP contribution is -2.37. The highest BCUT2D eigenvalue weighted by atomic mass is 35.5. The predicted molar refractivity (Wildman–Crippen MR) is 94.3 cm³/mol. The van der Waals surface area contributed by atoms with Crippen LogP contribution in [0.1, 0.15) is 18.4 Å². The van der Waals surface area contributed by atoms with Gasteiger partial charge in [0.25, 0.3) is 0 Å². The lowest BCUT2D eigenvalue weighted by Gasteiger charge is -2.22. The number of hydrogen-bond donors (Lipinski definition) is 2. The fourth-order valence-electron chi connectivity index (χ4n) is 3.00. The van der Waals surface area contributed by atoms with Gasteiger partial charge in [0.15, 0.2) is 0 Å². The Balaban J connectivity index is 1.70. The highest BCUT2D eigenvalue weighted by molar-refractivity contribution is 6.30. The van der Waals surface area contributed by atoms with Crippen LogP contribution in [-0.2, 0) is 11.3 Å². The molecule has 1 fully saturated rings. The average molecular weight is 329 g/mol. The van der Waals surface area contributed by atoms with Gasteiger partial charge in [-0.05, 0) is 54.8 Å². The Morgan fingerprint density at radius 1 is 1.09 bits per heavy atom. The number of amides is 1. The van der Waals surface area contributed by atoms with Gasteiger partial charge in [0.1, 0.15) is 0 Å². The summed E-state index contributed by atoms with van der Waals surface area (Å²) in [6.45, 7) is 2.42. The van der Waals surface area contributed by atoms with E-state index >= 15 is 0 Å². The summed E-state index contributed by atoms with van der Waals surface area (Å²) in [5, 5.41) is 7.11. The molecule has 3 nitrogen and oxygen atoms in total. The van der Waals surface area contributed by atoms with E-state index in [-0.39, 0.29) is 11.8 Å². The molecule has 2 N–H and O–H groups in total. The minimum absolute atomic E-state index is 0.138. The Bertz CT molecular complexity index is 663. The van der Waals surface area contributed by atoms with Gasteiger partial charge >= 0.3 is 0 Å². The fourth-order valence-corrected chi connectivity index (χ4v) is 3.12. The lowest BCUT2D eigenvalue weighted by atomic mass is 9.96. The molecule has 0 aliphatic carbocycles. The SMILES string of the molecule is O=C(NCc1ccccc1-c1ccc(Cl)cc1)C1CCNCC1. The lowest BCUT2D eigenvalue weighted by molar-refractivity contribution is -0.125. The first kappa shape index (κ1) is 16.0. The van der Waals surface area contributed by atoms with Crippen molar-refractivity contribution in [3.05, 3.63) is 59.1 Å². The Kier molecular flexibility index (Phi) is 5.31. The van der Waals surface area contributed by atoms with Crippen molar-refractivity contribution in [3.8, 4) is 11.1 Å². The molecule has 3 rings (SSSR count). The summed E-state index contributed by atoms with van der Waals surface area (Å²) in [5.74, 6) is 0.302. The van der Waals surface area contributed by atoms with Gasteiger partial charge in [-0.15, -0.1) is 0 Å². The molecule has 2 aromatic carbocycles. The number of carbonyl (C=O) groups is 1. The van der Waals surface area contributed by atoms with Gasteiger partial charge < -0.3 is 10.6 Å². The van der Waals surface area contributed by atoms with Gasteiger partial charge in [-0.3, -0.25) is 4.79 Å². The Hall–Kier alpha value is -1.84. The second-order valence-electron chi connectivity index (χ2n) is 5.91. The van der Waals surface area contributed by atoms with Gasteiger partial charge in [-0.1, -0.05) is 48.0 Å². The van der Waals surface area contributed by atoms with Crippen LogP contribution in [-0.4, -0.2) is 19.0 Å². The molecular weight excluding hydrogens is 308 g/mol. The first-order chi connectivity index (χ1) is 11.2. The van der Waals surface area contributed by atoms with Gasteiger partial charge in [-0.2, -0.15) is 0 Å². The van der Waals surface area contributed by atoms with Crippen LogP contribution in [0.25, 0.3) is 11.1 Å². The molecule has 0 aromatic heterocycles. The molecule has 0 radical (unpaired) electrons. The Morgan fingerprint density at radius 2 is 1.78 bits per heavy atom. The molecule has 0 saturated carbocycles. The average Bonchev–Trinajstić information content (AvgIpc) is 2.61. The minimum Gasteiger partial charge on any atom is -0.352 e. The molecule has 2 aromatic rings. The standard InChI is InChI=1S/C19H21ClN2O/c20-17-7-5-14(6-8-17)18-4-2-1-3-16(18)13-22-19(23)15-9-11-21-12-10-15/h1-8,15,21H,9-13H2,(H,22,23). The van der Waals surface area contributed by atoms with E-state index in [0.29, 0.717) is 6.54 Å². The second-order valence-corrected chi connectivity index (χ2v) is 6.34. The molecule has 1 amide bonds. The number of piperidine rings is 1.